The number of nitrogens with zero attached hydrogens (tertiary/aromatic N) is 3. The zero-order chi connectivity index (χ0) is 27.9. The van der Waals surface area contributed by atoms with E-state index in [1.807, 2.05) is 18.3 Å². The summed E-state index contributed by atoms with van der Waals surface area (Å²) in [6.45, 7) is 0. The maximum Gasteiger partial charge on any atom is 0.161 e. The van der Waals surface area contributed by atoms with E-state index >= 15 is 0 Å². The average molecular weight is 536 g/mol. The predicted molar refractivity (Wildman–Crippen MR) is 174 cm³/mol. The first-order chi connectivity index (χ1) is 20.8. The Morgan fingerprint density at radius 2 is 1.02 bits per heavy atom. The number of hydrogen-bond acceptors (Lipinski definition) is 3. The topological polar surface area (TPSA) is 38.7 Å². The highest BCUT2D eigenvalue weighted by Gasteiger charge is 2.16. The van der Waals surface area contributed by atoms with Crippen molar-refractivity contribution in [3.05, 3.63) is 152 Å². The Hall–Kier alpha value is -5.67. The van der Waals surface area contributed by atoms with Crippen molar-refractivity contribution in [2.45, 2.75) is 0 Å². The van der Waals surface area contributed by atoms with Gasteiger partial charge in [0.25, 0.3) is 0 Å². The molecule has 3 nitrogen and oxygen atoms in total. The fraction of sp³-hybridized carbons (Fsp3) is 0. The number of rotatable bonds is 4. The minimum Gasteiger partial charge on any atom is -0.264 e. The van der Waals surface area contributed by atoms with Gasteiger partial charge < -0.3 is 0 Å². The average Bonchev–Trinajstić information content (AvgIpc) is 3.08. The molecule has 8 aromatic rings. The Bertz CT molecular complexity index is 2220. The minimum absolute atomic E-state index is 0.717. The van der Waals surface area contributed by atoms with E-state index in [1.165, 1.54) is 26.9 Å². The second-order valence-electron chi connectivity index (χ2n) is 10.5. The van der Waals surface area contributed by atoms with Crippen LogP contribution >= 0.6 is 0 Å². The minimum atomic E-state index is 0.717. The van der Waals surface area contributed by atoms with Crippen LogP contribution < -0.4 is 0 Å². The molecule has 2 aromatic heterocycles. The Balaban J connectivity index is 1.36. The van der Waals surface area contributed by atoms with Gasteiger partial charge in [-0.05, 0) is 61.6 Å². The second kappa shape index (κ2) is 10.1. The fourth-order valence-electron chi connectivity index (χ4n) is 5.90. The summed E-state index contributed by atoms with van der Waals surface area (Å²) in [5, 5.41) is 7.28. The third-order valence-electron chi connectivity index (χ3n) is 7.96. The molecule has 0 saturated heterocycles. The summed E-state index contributed by atoms with van der Waals surface area (Å²) in [5.41, 5.74) is 7.13. The second-order valence-corrected chi connectivity index (χ2v) is 10.5. The molecule has 0 radical (unpaired) electrons. The molecule has 0 fully saturated rings. The van der Waals surface area contributed by atoms with Gasteiger partial charge in [-0.1, -0.05) is 121 Å². The van der Waals surface area contributed by atoms with Gasteiger partial charge in [0.1, 0.15) is 0 Å². The molecule has 0 amide bonds. The normalized spacial score (nSPS) is 11.3. The van der Waals surface area contributed by atoms with E-state index in [4.69, 9.17) is 9.97 Å². The van der Waals surface area contributed by atoms with Gasteiger partial charge in [0.2, 0.25) is 0 Å². The number of pyridine rings is 1. The molecule has 8 rings (SSSR count). The van der Waals surface area contributed by atoms with Crippen LogP contribution in [-0.4, -0.2) is 15.0 Å². The molecule has 0 aliphatic rings. The summed E-state index contributed by atoms with van der Waals surface area (Å²) >= 11 is 0. The molecule has 0 atom stereocenters. The van der Waals surface area contributed by atoms with Gasteiger partial charge in [0, 0.05) is 29.1 Å². The van der Waals surface area contributed by atoms with Crippen molar-refractivity contribution in [3.8, 4) is 45.0 Å². The first kappa shape index (κ1) is 24.2. The smallest absolute Gasteiger partial charge is 0.161 e. The highest BCUT2D eigenvalue weighted by atomic mass is 14.9. The quantitative estimate of drug-likeness (QED) is 0.211. The van der Waals surface area contributed by atoms with Gasteiger partial charge in [0.15, 0.2) is 5.82 Å². The maximum atomic E-state index is 5.20. The van der Waals surface area contributed by atoms with Crippen LogP contribution in [-0.2, 0) is 0 Å². The molecule has 2 heterocycles. The van der Waals surface area contributed by atoms with Gasteiger partial charge in [-0.3, -0.25) is 4.98 Å². The molecular weight excluding hydrogens is 510 g/mol. The van der Waals surface area contributed by atoms with Crippen LogP contribution in [0, 0.1) is 0 Å². The van der Waals surface area contributed by atoms with E-state index in [2.05, 4.69) is 132 Å². The van der Waals surface area contributed by atoms with E-state index in [0.717, 1.165) is 44.6 Å². The first-order valence-corrected chi connectivity index (χ1v) is 14.1. The van der Waals surface area contributed by atoms with Gasteiger partial charge in [0.05, 0.1) is 11.4 Å². The van der Waals surface area contributed by atoms with Crippen molar-refractivity contribution in [2.75, 3.05) is 0 Å². The summed E-state index contributed by atoms with van der Waals surface area (Å²) in [5.74, 6) is 0.717. The van der Waals surface area contributed by atoms with Gasteiger partial charge in [-0.25, -0.2) is 9.97 Å². The molecule has 0 saturated carbocycles. The third-order valence-corrected chi connectivity index (χ3v) is 7.96. The van der Waals surface area contributed by atoms with Gasteiger partial charge in [-0.15, -0.1) is 0 Å². The standard InChI is InChI=1S/C39H25N3/c1-2-10-28(11-3-1)36-24-37(29-19-16-26(17-20-29)31-12-8-22-40-25-31)42-39(41-36)35-23-30-21-18-27-9-4-5-13-32(27)38(30)34-15-7-6-14-33(34)35/h1-25H. The van der Waals surface area contributed by atoms with Crippen LogP contribution in [0.4, 0.5) is 0 Å². The molecule has 0 bridgehead atoms. The van der Waals surface area contributed by atoms with Gasteiger partial charge in [-0.2, -0.15) is 0 Å². The molecule has 196 valence electrons. The largest absolute Gasteiger partial charge is 0.264 e. The lowest BCUT2D eigenvalue weighted by atomic mass is 9.93. The lowest BCUT2D eigenvalue weighted by Crippen LogP contribution is -1.97. The van der Waals surface area contributed by atoms with Crippen molar-refractivity contribution in [2.24, 2.45) is 0 Å². The molecule has 0 spiro atoms. The third kappa shape index (κ3) is 4.20. The van der Waals surface area contributed by atoms with Crippen molar-refractivity contribution in [1.82, 2.24) is 15.0 Å². The number of hydrogen-bond donors (Lipinski definition) is 0. The van der Waals surface area contributed by atoms with E-state index in [-0.39, 0.29) is 0 Å². The summed E-state index contributed by atoms with van der Waals surface area (Å²) in [7, 11) is 0. The van der Waals surface area contributed by atoms with Crippen molar-refractivity contribution < 1.29 is 0 Å². The highest BCUT2D eigenvalue weighted by molar-refractivity contribution is 6.23. The van der Waals surface area contributed by atoms with E-state index in [9.17, 15) is 0 Å². The molecular formula is C39H25N3. The lowest BCUT2D eigenvalue weighted by Gasteiger charge is -2.14. The molecule has 0 N–H and O–H groups in total. The number of benzene rings is 6. The molecule has 0 aliphatic carbocycles. The summed E-state index contributed by atoms with van der Waals surface area (Å²) in [4.78, 5) is 14.6. The summed E-state index contributed by atoms with van der Waals surface area (Å²) < 4.78 is 0. The van der Waals surface area contributed by atoms with E-state index < -0.39 is 0 Å². The number of fused-ring (bicyclic) bond motifs is 5. The van der Waals surface area contributed by atoms with Crippen LogP contribution in [0.25, 0.3) is 77.3 Å². The summed E-state index contributed by atoms with van der Waals surface area (Å²) in [6.07, 6.45) is 3.68. The van der Waals surface area contributed by atoms with Crippen LogP contribution in [0.2, 0.25) is 0 Å². The Kier molecular flexibility index (Phi) is 5.79. The predicted octanol–water partition coefficient (Wildman–Crippen LogP) is 10.00. The first-order valence-electron chi connectivity index (χ1n) is 14.1. The molecule has 6 aromatic carbocycles. The maximum absolute atomic E-state index is 5.20. The fourth-order valence-corrected chi connectivity index (χ4v) is 5.90. The van der Waals surface area contributed by atoms with Crippen LogP contribution in [0.15, 0.2) is 152 Å². The van der Waals surface area contributed by atoms with Gasteiger partial charge >= 0.3 is 0 Å². The summed E-state index contributed by atoms with van der Waals surface area (Å²) in [6, 6.07) is 48.9. The Morgan fingerprint density at radius 3 is 1.79 bits per heavy atom. The molecule has 0 aliphatic heterocycles. The lowest BCUT2D eigenvalue weighted by molar-refractivity contribution is 1.19. The van der Waals surface area contributed by atoms with Crippen molar-refractivity contribution in [1.29, 1.82) is 0 Å². The van der Waals surface area contributed by atoms with Crippen molar-refractivity contribution >= 4 is 32.3 Å². The van der Waals surface area contributed by atoms with Crippen LogP contribution in [0.1, 0.15) is 0 Å². The van der Waals surface area contributed by atoms with Crippen molar-refractivity contribution in [3.63, 3.8) is 0 Å². The molecule has 0 unspecified atom stereocenters. The van der Waals surface area contributed by atoms with Crippen LogP contribution in [0.5, 0.6) is 0 Å². The SMILES string of the molecule is c1ccc(-c2cc(-c3ccc(-c4cccnc4)cc3)nc(-c3cc4ccc5ccccc5c4c4ccccc34)n2)cc1. The highest BCUT2D eigenvalue weighted by Crippen LogP contribution is 2.38. The van der Waals surface area contributed by atoms with E-state index in [1.54, 1.807) is 6.20 Å². The van der Waals surface area contributed by atoms with Crippen LogP contribution in [0.3, 0.4) is 0 Å². The zero-order valence-electron chi connectivity index (χ0n) is 22.8. The zero-order valence-corrected chi connectivity index (χ0v) is 22.8. The van der Waals surface area contributed by atoms with E-state index in [0.29, 0.717) is 5.82 Å². The number of aromatic nitrogens is 3. The Labute approximate surface area is 243 Å². The Morgan fingerprint density at radius 1 is 0.405 bits per heavy atom. The molecule has 42 heavy (non-hydrogen) atoms. The monoisotopic (exact) mass is 535 g/mol. The molecule has 3 heteroatoms.